The van der Waals surface area contributed by atoms with Crippen LogP contribution in [0.4, 0.5) is 0 Å². The molecule has 0 saturated carbocycles. The molecule has 0 bridgehead atoms. The van der Waals surface area contributed by atoms with Crippen LogP contribution < -0.4 is 5.32 Å². The second-order valence-electron chi connectivity index (χ2n) is 4.02. The maximum absolute atomic E-state index is 4.28. The molecule has 1 aromatic heterocycles. The number of hydrogen-bond donors (Lipinski definition) is 1. The normalized spacial score (nSPS) is 10.3. The first-order valence-electron chi connectivity index (χ1n) is 5.57. The van der Waals surface area contributed by atoms with Crippen molar-refractivity contribution in [2.45, 2.75) is 40.3 Å². The molecule has 0 amide bonds. The molecule has 0 saturated heterocycles. The molecule has 3 heteroatoms. The van der Waals surface area contributed by atoms with Crippen LogP contribution >= 0.6 is 0 Å². The summed E-state index contributed by atoms with van der Waals surface area (Å²) in [5.41, 5.74) is 2.61. The Balaban J connectivity index is 2.28. The summed E-state index contributed by atoms with van der Waals surface area (Å²) in [5, 5.41) is 7.64. The van der Waals surface area contributed by atoms with Gasteiger partial charge in [-0.3, -0.25) is 4.68 Å². The number of aromatic nitrogens is 2. The summed E-state index contributed by atoms with van der Waals surface area (Å²) >= 11 is 0. The van der Waals surface area contributed by atoms with Crippen molar-refractivity contribution in [3.8, 4) is 0 Å². The van der Waals surface area contributed by atoms with Gasteiger partial charge in [-0.15, -0.1) is 0 Å². The van der Waals surface area contributed by atoms with E-state index in [-0.39, 0.29) is 0 Å². The second-order valence-corrected chi connectivity index (χ2v) is 4.02. The monoisotopic (exact) mass is 207 g/mol. The van der Waals surface area contributed by atoms with Crippen molar-refractivity contribution in [1.29, 1.82) is 0 Å². The van der Waals surface area contributed by atoms with Crippen LogP contribution in [-0.4, -0.2) is 16.3 Å². The van der Waals surface area contributed by atoms with Crippen molar-refractivity contribution in [3.63, 3.8) is 0 Å². The molecule has 15 heavy (non-hydrogen) atoms. The van der Waals surface area contributed by atoms with Gasteiger partial charge in [0.2, 0.25) is 0 Å². The van der Waals surface area contributed by atoms with Gasteiger partial charge in [0.1, 0.15) is 0 Å². The van der Waals surface area contributed by atoms with Crippen molar-refractivity contribution in [2.24, 2.45) is 0 Å². The van der Waals surface area contributed by atoms with Crippen LogP contribution in [0.1, 0.15) is 32.8 Å². The molecule has 0 aromatic carbocycles. The van der Waals surface area contributed by atoms with Crippen molar-refractivity contribution in [2.75, 3.05) is 6.54 Å². The van der Waals surface area contributed by atoms with E-state index in [9.17, 15) is 0 Å². The zero-order chi connectivity index (χ0) is 11.1. The van der Waals surface area contributed by atoms with E-state index in [0.29, 0.717) is 0 Å². The summed E-state index contributed by atoms with van der Waals surface area (Å²) in [4.78, 5) is 0. The molecule has 0 atom stereocenters. The number of nitrogens with zero attached hydrogens (tertiary/aromatic N) is 2. The molecule has 84 valence electrons. The molecule has 0 aliphatic carbocycles. The highest BCUT2D eigenvalue weighted by atomic mass is 15.3. The fourth-order valence-corrected chi connectivity index (χ4v) is 1.34. The fourth-order valence-electron chi connectivity index (χ4n) is 1.34. The van der Waals surface area contributed by atoms with Crippen molar-refractivity contribution < 1.29 is 0 Å². The second kappa shape index (κ2) is 6.40. The first-order chi connectivity index (χ1) is 7.22. The van der Waals surface area contributed by atoms with Gasteiger partial charge in [0.15, 0.2) is 0 Å². The summed E-state index contributed by atoms with van der Waals surface area (Å²) in [6.45, 7) is 9.22. The highest BCUT2D eigenvalue weighted by Gasteiger charge is 1.96. The number of aryl methyl sites for hydroxylation is 1. The third kappa shape index (κ3) is 4.79. The van der Waals surface area contributed by atoms with Crippen molar-refractivity contribution in [3.05, 3.63) is 29.6 Å². The molecule has 1 N–H and O–H groups in total. The Hall–Kier alpha value is -1.09. The van der Waals surface area contributed by atoms with E-state index < -0.39 is 0 Å². The van der Waals surface area contributed by atoms with Gasteiger partial charge in [0.25, 0.3) is 0 Å². The van der Waals surface area contributed by atoms with Gasteiger partial charge in [-0.1, -0.05) is 18.6 Å². The van der Waals surface area contributed by atoms with Crippen molar-refractivity contribution in [1.82, 2.24) is 15.1 Å². The van der Waals surface area contributed by atoms with E-state index in [4.69, 9.17) is 0 Å². The molecule has 0 aliphatic heterocycles. The van der Waals surface area contributed by atoms with Crippen LogP contribution in [0.2, 0.25) is 0 Å². The van der Waals surface area contributed by atoms with E-state index in [1.54, 1.807) is 0 Å². The standard InChI is InChI=1S/C12H21N3/c1-4-7-15-10-12(9-14-15)8-13-6-5-11(2)3/h5,9-10,13H,4,6-8H2,1-3H3. The Morgan fingerprint density at radius 2 is 2.33 bits per heavy atom. The minimum absolute atomic E-state index is 0.896. The SMILES string of the molecule is CCCn1cc(CNCC=C(C)C)cn1. The van der Waals surface area contributed by atoms with E-state index in [0.717, 1.165) is 26.1 Å². The summed E-state index contributed by atoms with van der Waals surface area (Å²) in [6.07, 6.45) is 7.37. The van der Waals surface area contributed by atoms with Gasteiger partial charge in [-0.2, -0.15) is 5.10 Å². The van der Waals surface area contributed by atoms with Crippen LogP contribution in [-0.2, 0) is 13.1 Å². The maximum Gasteiger partial charge on any atom is 0.0534 e. The Morgan fingerprint density at radius 3 is 3.00 bits per heavy atom. The fraction of sp³-hybridized carbons (Fsp3) is 0.583. The van der Waals surface area contributed by atoms with Gasteiger partial charge in [0.05, 0.1) is 6.20 Å². The quantitative estimate of drug-likeness (QED) is 0.573. The lowest BCUT2D eigenvalue weighted by molar-refractivity contribution is 0.601. The van der Waals surface area contributed by atoms with Crippen LogP contribution in [0.25, 0.3) is 0 Å². The Bertz CT molecular complexity index is 308. The molecule has 0 fully saturated rings. The highest BCUT2D eigenvalue weighted by Crippen LogP contribution is 1.98. The number of allylic oxidation sites excluding steroid dienone is 1. The third-order valence-corrected chi connectivity index (χ3v) is 2.12. The van der Waals surface area contributed by atoms with Crippen LogP contribution in [0.3, 0.4) is 0 Å². The average molecular weight is 207 g/mol. The van der Waals surface area contributed by atoms with E-state index >= 15 is 0 Å². The summed E-state index contributed by atoms with van der Waals surface area (Å²) in [5.74, 6) is 0. The Morgan fingerprint density at radius 1 is 1.53 bits per heavy atom. The van der Waals surface area contributed by atoms with Gasteiger partial charge in [0, 0.05) is 31.4 Å². The predicted molar refractivity (Wildman–Crippen MR) is 63.7 cm³/mol. The lowest BCUT2D eigenvalue weighted by atomic mass is 10.3. The summed E-state index contributed by atoms with van der Waals surface area (Å²) in [6, 6.07) is 0. The van der Waals surface area contributed by atoms with Crippen LogP contribution in [0.5, 0.6) is 0 Å². The maximum atomic E-state index is 4.28. The molecule has 0 spiro atoms. The molecule has 0 radical (unpaired) electrons. The van der Waals surface area contributed by atoms with Crippen molar-refractivity contribution >= 4 is 0 Å². The van der Waals surface area contributed by atoms with Gasteiger partial charge in [-0.05, 0) is 20.3 Å². The zero-order valence-electron chi connectivity index (χ0n) is 9.95. The molecule has 1 aromatic rings. The van der Waals surface area contributed by atoms with Crippen LogP contribution in [0.15, 0.2) is 24.0 Å². The smallest absolute Gasteiger partial charge is 0.0534 e. The molecule has 1 heterocycles. The Kier molecular flexibility index (Phi) is 5.12. The van der Waals surface area contributed by atoms with Crippen LogP contribution in [0, 0.1) is 0 Å². The molecular formula is C12H21N3. The largest absolute Gasteiger partial charge is 0.309 e. The first-order valence-corrected chi connectivity index (χ1v) is 5.57. The van der Waals surface area contributed by atoms with Gasteiger partial charge >= 0.3 is 0 Å². The molecule has 0 unspecified atom stereocenters. The Labute approximate surface area is 92.2 Å². The number of nitrogens with one attached hydrogen (secondary N) is 1. The average Bonchev–Trinajstić information content (AvgIpc) is 2.61. The number of hydrogen-bond acceptors (Lipinski definition) is 2. The van der Waals surface area contributed by atoms with Gasteiger partial charge < -0.3 is 5.32 Å². The lowest BCUT2D eigenvalue weighted by Gasteiger charge is -1.99. The summed E-state index contributed by atoms with van der Waals surface area (Å²) < 4.78 is 2.00. The minimum Gasteiger partial charge on any atom is -0.309 e. The molecular weight excluding hydrogens is 186 g/mol. The van der Waals surface area contributed by atoms with E-state index in [1.807, 2.05) is 10.9 Å². The molecule has 3 nitrogen and oxygen atoms in total. The first kappa shape index (κ1) is 12.0. The molecule has 0 aliphatic rings. The predicted octanol–water partition coefficient (Wildman–Crippen LogP) is 2.35. The highest BCUT2D eigenvalue weighted by molar-refractivity contribution is 5.04. The third-order valence-electron chi connectivity index (χ3n) is 2.12. The summed E-state index contributed by atoms with van der Waals surface area (Å²) in [7, 11) is 0. The molecule has 1 rings (SSSR count). The topological polar surface area (TPSA) is 29.9 Å². The minimum atomic E-state index is 0.896. The van der Waals surface area contributed by atoms with E-state index in [1.165, 1.54) is 11.1 Å². The number of rotatable bonds is 6. The van der Waals surface area contributed by atoms with E-state index in [2.05, 4.69) is 43.5 Å². The van der Waals surface area contributed by atoms with Gasteiger partial charge in [-0.25, -0.2) is 0 Å². The zero-order valence-corrected chi connectivity index (χ0v) is 9.95. The lowest BCUT2D eigenvalue weighted by Crippen LogP contribution is -2.12.